The quantitative estimate of drug-likeness (QED) is 0.0602. The summed E-state index contributed by atoms with van der Waals surface area (Å²) < 4.78 is 45.2. The second kappa shape index (κ2) is 38.9. The van der Waals surface area contributed by atoms with E-state index in [1.807, 2.05) is 47.0 Å². The van der Waals surface area contributed by atoms with Crippen molar-refractivity contribution >= 4 is 47.0 Å². The normalized spacial score (nSPS) is 20.7. The number of thioether (sulfide) groups is 4. The Labute approximate surface area is 338 Å². The summed E-state index contributed by atoms with van der Waals surface area (Å²) in [5.41, 5.74) is 0. The highest BCUT2D eigenvalue weighted by molar-refractivity contribution is 7.99. The summed E-state index contributed by atoms with van der Waals surface area (Å²) in [6.07, 6.45) is 9.22. The SMILES string of the molecule is CCCSCCCOCC1C[C@@H](OCCOCCOCCNC(C)C)C(OCCCSCCC)[C@@H](OCCCSCCC)[C@@H]1OCCCSCCC. The first-order chi connectivity index (χ1) is 25.6. The molecule has 1 fully saturated rings. The van der Waals surface area contributed by atoms with Crippen molar-refractivity contribution in [1.29, 1.82) is 0 Å². The first-order valence-corrected chi connectivity index (χ1v) is 25.4. The summed E-state index contributed by atoms with van der Waals surface area (Å²) in [6, 6.07) is 0.469. The highest BCUT2D eigenvalue weighted by Crippen LogP contribution is 2.35. The summed E-state index contributed by atoms with van der Waals surface area (Å²) in [6.45, 7) is 20.5. The fourth-order valence-corrected chi connectivity index (χ4v) is 9.07. The van der Waals surface area contributed by atoms with Crippen LogP contribution in [0.3, 0.4) is 0 Å². The summed E-state index contributed by atoms with van der Waals surface area (Å²) in [7, 11) is 0. The molecule has 1 N–H and O–H groups in total. The average molecular weight is 816 g/mol. The number of rotatable bonds is 40. The molecule has 0 spiro atoms. The van der Waals surface area contributed by atoms with E-state index in [0.717, 1.165) is 74.9 Å². The van der Waals surface area contributed by atoms with Crippen LogP contribution in [0.15, 0.2) is 0 Å². The molecule has 1 rings (SSSR count). The molecule has 1 aliphatic carbocycles. The lowest BCUT2D eigenvalue weighted by atomic mass is 9.80. The van der Waals surface area contributed by atoms with Crippen LogP contribution in [0.1, 0.15) is 99.3 Å². The fraction of sp³-hybridized carbons (Fsp3) is 1.00. The van der Waals surface area contributed by atoms with Crippen LogP contribution in [0, 0.1) is 5.92 Å². The Morgan fingerprint density at radius 2 is 0.942 bits per heavy atom. The number of hydrogen-bond donors (Lipinski definition) is 1. The van der Waals surface area contributed by atoms with E-state index in [9.17, 15) is 0 Å². The number of ether oxygens (including phenoxy) is 7. The van der Waals surface area contributed by atoms with Crippen molar-refractivity contribution in [3.8, 4) is 0 Å². The third kappa shape index (κ3) is 28.5. The first kappa shape index (κ1) is 51.1. The third-order valence-corrected chi connectivity index (χ3v) is 13.4. The summed E-state index contributed by atoms with van der Waals surface area (Å²) >= 11 is 8.07. The van der Waals surface area contributed by atoms with Gasteiger partial charge in [-0.1, -0.05) is 41.5 Å². The maximum Gasteiger partial charge on any atom is 0.113 e. The molecule has 312 valence electrons. The molecule has 1 aliphatic rings. The fourth-order valence-electron chi connectivity index (χ4n) is 5.81. The van der Waals surface area contributed by atoms with Gasteiger partial charge in [-0.2, -0.15) is 47.0 Å². The molecule has 0 radical (unpaired) electrons. The second-order valence-corrected chi connectivity index (χ2v) is 18.6. The van der Waals surface area contributed by atoms with Crippen LogP contribution in [0.5, 0.6) is 0 Å². The largest absolute Gasteiger partial charge is 0.381 e. The Morgan fingerprint density at radius 1 is 0.481 bits per heavy atom. The molecule has 0 amide bonds. The molecule has 0 aromatic rings. The van der Waals surface area contributed by atoms with E-state index in [1.54, 1.807) is 0 Å². The Hall–Kier alpha value is 1.08. The Balaban J connectivity index is 3.02. The monoisotopic (exact) mass is 815 g/mol. The standard InChI is InChI=1S/C40H81NO7S4/c1-7-25-49-29-11-16-44-34-36-33-37(45-24-23-43-22-21-42-20-15-41-35(5)6)39(47-18-13-31-51-27-9-3)40(48-19-14-32-52-28-10-4)38(36)46-17-12-30-50-26-8-2/h35-41H,7-34H2,1-6H3/t36?,37-,38-,39?,40+/m1/s1. The molecule has 5 atom stereocenters. The Morgan fingerprint density at radius 3 is 1.46 bits per heavy atom. The van der Waals surface area contributed by atoms with E-state index >= 15 is 0 Å². The van der Waals surface area contributed by atoms with Gasteiger partial charge in [-0.25, -0.2) is 0 Å². The van der Waals surface area contributed by atoms with Gasteiger partial charge >= 0.3 is 0 Å². The summed E-state index contributed by atoms with van der Waals surface area (Å²) in [4.78, 5) is 0. The minimum Gasteiger partial charge on any atom is -0.381 e. The molecule has 0 saturated heterocycles. The van der Waals surface area contributed by atoms with E-state index in [2.05, 4.69) is 46.9 Å². The molecule has 52 heavy (non-hydrogen) atoms. The zero-order valence-corrected chi connectivity index (χ0v) is 37.5. The maximum atomic E-state index is 6.85. The van der Waals surface area contributed by atoms with Gasteiger partial charge in [0.2, 0.25) is 0 Å². The smallest absolute Gasteiger partial charge is 0.113 e. The Bertz CT molecular complexity index is 733. The molecule has 0 aromatic heterocycles. The van der Waals surface area contributed by atoms with Gasteiger partial charge in [-0.3, -0.25) is 0 Å². The highest BCUT2D eigenvalue weighted by Gasteiger charge is 2.47. The molecule has 0 aromatic carbocycles. The van der Waals surface area contributed by atoms with E-state index < -0.39 is 0 Å². The zero-order valence-electron chi connectivity index (χ0n) is 34.3. The van der Waals surface area contributed by atoms with Crippen molar-refractivity contribution in [2.45, 2.75) is 130 Å². The number of nitrogens with one attached hydrogen (secondary N) is 1. The first-order valence-electron chi connectivity index (χ1n) is 20.8. The van der Waals surface area contributed by atoms with Crippen molar-refractivity contribution in [1.82, 2.24) is 5.32 Å². The lowest BCUT2D eigenvalue weighted by Gasteiger charge is -2.46. The highest BCUT2D eigenvalue weighted by atomic mass is 32.2. The van der Waals surface area contributed by atoms with Gasteiger partial charge < -0.3 is 38.5 Å². The van der Waals surface area contributed by atoms with Gasteiger partial charge in [0.05, 0.1) is 51.8 Å². The van der Waals surface area contributed by atoms with Gasteiger partial charge in [-0.05, 0) is 104 Å². The second-order valence-electron chi connectivity index (χ2n) is 13.7. The van der Waals surface area contributed by atoms with Crippen LogP contribution >= 0.6 is 47.0 Å². The molecule has 0 bridgehead atoms. The lowest BCUT2D eigenvalue weighted by Crippen LogP contribution is -2.58. The third-order valence-electron chi connectivity index (χ3n) is 8.28. The average Bonchev–Trinajstić information content (AvgIpc) is 3.14. The van der Waals surface area contributed by atoms with E-state index in [1.165, 1.54) is 48.7 Å². The molecule has 0 aliphatic heterocycles. The van der Waals surface area contributed by atoms with Crippen molar-refractivity contribution in [3.63, 3.8) is 0 Å². The molecule has 2 unspecified atom stereocenters. The van der Waals surface area contributed by atoms with Gasteiger partial charge in [0, 0.05) is 44.9 Å². The van der Waals surface area contributed by atoms with Crippen molar-refractivity contribution < 1.29 is 33.2 Å². The molecule has 12 heteroatoms. The van der Waals surface area contributed by atoms with Crippen molar-refractivity contribution in [2.75, 3.05) is 119 Å². The van der Waals surface area contributed by atoms with Crippen LogP contribution in [-0.2, 0) is 33.2 Å². The van der Waals surface area contributed by atoms with E-state index in [-0.39, 0.29) is 30.3 Å². The van der Waals surface area contributed by atoms with Crippen LogP contribution in [-0.4, -0.2) is 149 Å². The maximum absolute atomic E-state index is 6.85. The van der Waals surface area contributed by atoms with Gasteiger partial charge in [0.1, 0.15) is 12.2 Å². The molecule has 1 saturated carbocycles. The number of hydrogen-bond acceptors (Lipinski definition) is 12. The van der Waals surface area contributed by atoms with Crippen LogP contribution in [0.4, 0.5) is 0 Å². The molecular formula is C40H81NO7S4. The molecule has 0 heterocycles. The zero-order chi connectivity index (χ0) is 37.7. The van der Waals surface area contributed by atoms with Crippen LogP contribution < -0.4 is 5.32 Å². The molecule has 8 nitrogen and oxygen atoms in total. The van der Waals surface area contributed by atoms with E-state index in [4.69, 9.17) is 33.2 Å². The van der Waals surface area contributed by atoms with E-state index in [0.29, 0.717) is 58.9 Å². The van der Waals surface area contributed by atoms with Gasteiger partial charge in [0.15, 0.2) is 0 Å². The minimum atomic E-state index is -0.205. The van der Waals surface area contributed by atoms with Crippen LogP contribution in [0.25, 0.3) is 0 Å². The summed E-state index contributed by atoms with van der Waals surface area (Å²) in [5, 5.41) is 3.38. The van der Waals surface area contributed by atoms with Crippen LogP contribution in [0.2, 0.25) is 0 Å². The molecular weight excluding hydrogens is 735 g/mol. The van der Waals surface area contributed by atoms with Gasteiger partial charge in [-0.15, -0.1) is 0 Å². The van der Waals surface area contributed by atoms with Crippen molar-refractivity contribution in [2.24, 2.45) is 5.92 Å². The predicted octanol–water partition coefficient (Wildman–Crippen LogP) is 8.73. The van der Waals surface area contributed by atoms with Crippen molar-refractivity contribution in [3.05, 3.63) is 0 Å². The Kier molecular flexibility index (Phi) is 38.3. The minimum absolute atomic E-state index is 0.0909. The lowest BCUT2D eigenvalue weighted by molar-refractivity contribution is -0.226. The van der Waals surface area contributed by atoms with Gasteiger partial charge in [0.25, 0.3) is 0 Å². The summed E-state index contributed by atoms with van der Waals surface area (Å²) in [5.74, 6) is 9.48. The predicted molar refractivity (Wildman–Crippen MR) is 232 cm³/mol. The topological polar surface area (TPSA) is 76.6 Å².